The number of carbonyl (C=O) groups is 1. The molecule has 0 heterocycles. The van der Waals surface area contributed by atoms with Gasteiger partial charge in [0.15, 0.2) is 0 Å². The molecule has 0 spiro atoms. The fraction of sp³-hybridized carbons (Fsp3) is 0.767. The van der Waals surface area contributed by atoms with Gasteiger partial charge >= 0.3 is 0 Å². The summed E-state index contributed by atoms with van der Waals surface area (Å²) in [4.78, 5) is 11.9. The van der Waals surface area contributed by atoms with Crippen LogP contribution >= 0.6 is 0 Å². The van der Waals surface area contributed by atoms with Crippen LogP contribution in [0.1, 0.15) is 130 Å². The predicted molar refractivity (Wildman–Crippen MR) is 138 cm³/mol. The van der Waals surface area contributed by atoms with Crippen molar-refractivity contribution in [1.29, 1.82) is 0 Å². The lowest BCUT2D eigenvalue weighted by Gasteiger charge is -2.09. The summed E-state index contributed by atoms with van der Waals surface area (Å²) in [5.41, 5.74) is 0. The lowest BCUT2D eigenvalue weighted by atomic mass is 9.97. The van der Waals surface area contributed by atoms with Gasteiger partial charge in [-0.05, 0) is 88.4 Å². The van der Waals surface area contributed by atoms with Gasteiger partial charge in [-0.2, -0.15) is 0 Å². The minimum atomic E-state index is 0.471. The summed E-state index contributed by atoms with van der Waals surface area (Å²) in [7, 11) is 0. The lowest BCUT2D eigenvalue weighted by Crippen LogP contribution is -2.01. The summed E-state index contributed by atoms with van der Waals surface area (Å²) < 4.78 is 0. The molecule has 1 aliphatic rings. The SMILES string of the molecule is CC/C=C\CCC1CCC(CC/C=C\C/C=C\CCCCCC(=O)CCC(C)CC)C1. The smallest absolute Gasteiger partial charge is 0.132 e. The molecule has 0 aliphatic heterocycles. The van der Waals surface area contributed by atoms with Crippen LogP contribution in [0.4, 0.5) is 0 Å². The Hall–Kier alpha value is -1.11. The number of Topliss-reactive ketones (excluding diaryl/α,β-unsaturated/α-hetero) is 1. The number of hydrogen-bond donors (Lipinski definition) is 0. The molecular formula is C30H52O. The van der Waals surface area contributed by atoms with E-state index in [1.165, 1.54) is 70.6 Å². The van der Waals surface area contributed by atoms with E-state index in [9.17, 15) is 4.79 Å². The van der Waals surface area contributed by atoms with Crippen molar-refractivity contribution in [2.75, 3.05) is 0 Å². The van der Waals surface area contributed by atoms with Gasteiger partial charge in [-0.1, -0.05) is 82.9 Å². The molecule has 178 valence electrons. The maximum absolute atomic E-state index is 11.9. The average Bonchev–Trinajstić information content (AvgIpc) is 3.23. The molecule has 0 bridgehead atoms. The van der Waals surface area contributed by atoms with Crippen LogP contribution in [0.5, 0.6) is 0 Å². The van der Waals surface area contributed by atoms with E-state index < -0.39 is 0 Å². The molecule has 0 aromatic rings. The first kappa shape index (κ1) is 27.9. The Morgan fingerprint density at radius 2 is 1.45 bits per heavy atom. The fourth-order valence-corrected chi connectivity index (χ4v) is 4.66. The van der Waals surface area contributed by atoms with Crippen molar-refractivity contribution < 1.29 is 4.79 Å². The van der Waals surface area contributed by atoms with Crippen LogP contribution in [-0.4, -0.2) is 5.78 Å². The minimum absolute atomic E-state index is 0.471. The van der Waals surface area contributed by atoms with E-state index in [2.05, 4.69) is 57.2 Å². The van der Waals surface area contributed by atoms with Crippen LogP contribution < -0.4 is 0 Å². The molecule has 0 amide bonds. The molecule has 1 nitrogen and oxygen atoms in total. The zero-order chi connectivity index (χ0) is 22.6. The van der Waals surface area contributed by atoms with Gasteiger partial charge in [-0.3, -0.25) is 4.79 Å². The van der Waals surface area contributed by atoms with Crippen LogP contribution in [0.3, 0.4) is 0 Å². The van der Waals surface area contributed by atoms with Crippen molar-refractivity contribution in [1.82, 2.24) is 0 Å². The normalized spacial score (nSPS) is 20.5. The zero-order valence-electron chi connectivity index (χ0n) is 21.1. The number of carbonyl (C=O) groups excluding carboxylic acids is 1. The van der Waals surface area contributed by atoms with Crippen molar-refractivity contribution in [3.8, 4) is 0 Å². The second-order valence-electron chi connectivity index (χ2n) is 9.95. The van der Waals surface area contributed by atoms with E-state index in [4.69, 9.17) is 0 Å². The van der Waals surface area contributed by atoms with Crippen LogP contribution in [0, 0.1) is 17.8 Å². The van der Waals surface area contributed by atoms with E-state index in [0.29, 0.717) is 11.7 Å². The Balaban J connectivity index is 1.91. The highest BCUT2D eigenvalue weighted by Gasteiger charge is 2.23. The second-order valence-corrected chi connectivity index (χ2v) is 9.95. The number of unbranched alkanes of at least 4 members (excludes halogenated alkanes) is 3. The number of hydrogen-bond acceptors (Lipinski definition) is 1. The van der Waals surface area contributed by atoms with E-state index in [0.717, 1.165) is 50.4 Å². The van der Waals surface area contributed by atoms with Gasteiger partial charge in [-0.15, -0.1) is 0 Å². The van der Waals surface area contributed by atoms with Gasteiger partial charge < -0.3 is 0 Å². The van der Waals surface area contributed by atoms with E-state index in [-0.39, 0.29) is 0 Å². The first-order valence-electron chi connectivity index (χ1n) is 13.6. The van der Waals surface area contributed by atoms with Gasteiger partial charge in [0.25, 0.3) is 0 Å². The molecule has 0 radical (unpaired) electrons. The molecule has 1 aliphatic carbocycles. The minimum Gasteiger partial charge on any atom is -0.300 e. The van der Waals surface area contributed by atoms with Crippen LogP contribution in [-0.2, 0) is 4.79 Å². The summed E-state index contributed by atoms with van der Waals surface area (Å²) in [5, 5.41) is 0. The molecule has 1 saturated carbocycles. The highest BCUT2D eigenvalue weighted by Crippen LogP contribution is 2.36. The molecule has 0 saturated heterocycles. The average molecular weight is 429 g/mol. The van der Waals surface area contributed by atoms with Crippen molar-refractivity contribution in [2.24, 2.45) is 17.8 Å². The monoisotopic (exact) mass is 428 g/mol. The van der Waals surface area contributed by atoms with Gasteiger partial charge in [0.05, 0.1) is 0 Å². The van der Waals surface area contributed by atoms with Crippen molar-refractivity contribution in [3.05, 3.63) is 36.5 Å². The maximum atomic E-state index is 11.9. The Bertz CT molecular complexity index is 513. The summed E-state index contributed by atoms with van der Waals surface area (Å²) in [6, 6.07) is 0. The molecule has 0 aromatic carbocycles. The number of allylic oxidation sites excluding steroid dienone is 6. The summed E-state index contributed by atoms with van der Waals surface area (Å²) in [6.45, 7) is 6.67. The van der Waals surface area contributed by atoms with Gasteiger partial charge in [0, 0.05) is 12.8 Å². The van der Waals surface area contributed by atoms with Crippen LogP contribution in [0.15, 0.2) is 36.5 Å². The van der Waals surface area contributed by atoms with E-state index in [1.54, 1.807) is 0 Å². The second kappa shape index (κ2) is 19.6. The first-order valence-corrected chi connectivity index (χ1v) is 13.6. The zero-order valence-corrected chi connectivity index (χ0v) is 21.1. The largest absolute Gasteiger partial charge is 0.300 e. The molecule has 0 N–H and O–H groups in total. The third-order valence-electron chi connectivity index (χ3n) is 7.08. The van der Waals surface area contributed by atoms with Crippen molar-refractivity contribution >= 4 is 5.78 Å². The molecule has 3 atom stereocenters. The quantitative estimate of drug-likeness (QED) is 0.148. The van der Waals surface area contributed by atoms with E-state index in [1.807, 2.05) is 0 Å². The Labute approximate surface area is 194 Å². The third kappa shape index (κ3) is 16.2. The van der Waals surface area contributed by atoms with Gasteiger partial charge in [0.1, 0.15) is 5.78 Å². The van der Waals surface area contributed by atoms with Crippen LogP contribution in [0.25, 0.3) is 0 Å². The Kier molecular flexibility index (Phi) is 17.6. The van der Waals surface area contributed by atoms with E-state index >= 15 is 0 Å². The van der Waals surface area contributed by atoms with Crippen LogP contribution in [0.2, 0.25) is 0 Å². The molecule has 1 rings (SSSR count). The number of rotatable bonds is 19. The Morgan fingerprint density at radius 1 is 0.806 bits per heavy atom. The van der Waals surface area contributed by atoms with Crippen molar-refractivity contribution in [3.63, 3.8) is 0 Å². The maximum Gasteiger partial charge on any atom is 0.132 e. The Morgan fingerprint density at radius 3 is 2.10 bits per heavy atom. The molecule has 3 unspecified atom stereocenters. The standard InChI is InChI=1S/C30H52O/c1-4-6-7-16-19-28-23-24-29(26-28)20-17-14-12-10-8-9-11-13-15-18-21-30(31)25-22-27(3)5-2/h6-9,12,14,27-29H,4-5,10-11,13,15-26H2,1-3H3/b7-6-,9-8-,14-12-. The van der Waals surface area contributed by atoms with Gasteiger partial charge in [0.2, 0.25) is 0 Å². The van der Waals surface area contributed by atoms with Crippen molar-refractivity contribution in [2.45, 2.75) is 130 Å². The molecule has 0 aromatic heterocycles. The highest BCUT2D eigenvalue weighted by molar-refractivity contribution is 5.78. The number of ketones is 1. The molecule has 1 fully saturated rings. The summed E-state index contributed by atoms with van der Waals surface area (Å²) >= 11 is 0. The summed E-state index contributed by atoms with van der Waals surface area (Å²) in [5.74, 6) is 3.13. The molecule has 1 heteroatoms. The third-order valence-corrected chi connectivity index (χ3v) is 7.08. The molecule has 31 heavy (non-hydrogen) atoms. The fourth-order valence-electron chi connectivity index (χ4n) is 4.66. The highest BCUT2D eigenvalue weighted by atomic mass is 16.1. The first-order chi connectivity index (χ1) is 15.2. The topological polar surface area (TPSA) is 17.1 Å². The lowest BCUT2D eigenvalue weighted by molar-refractivity contribution is -0.119. The van der Waals surface area contributed by atoms with Gasteiger partial charge in [-0.25, -0.2) is 0 Å². The summed E-state index contributed by atoms with van der Waals surface area (Å²) in [6.07, 6.45) is 34.5. The molecular weight excluding hydrogens is 376 g/mol. The predicted octanol–water partition coefficient (Wildman–Crippen LogP) is 9.78.